The molecule has 1 aromatic heterocycles. The minimum absolute atomic E-state index is 0.858. The normalized spacial score (nSPS) is 21.9. The molecule has 4 heteroatoms. The van der Waals surface area contributed by atoms with Crippen molar-refractivity contribution in [3.63, 3.8) is 0 Å². The smallest absolute Gasteiger partial charge is 0.0948 e. The minimum Gasteiger partial charge on any atom is -0.334 e. The molecule has 19 heavy (non-hydrogen) atoms. The highest BCUT2D eigenvalue weighted by atomic mass is 15.2. The first-order valence-electron chi connectivity index (χ1n) is 7.80. The van der Waals surface area contributed by atoms with Gasteiger partial charge in [0.2, 0.25) is 0 Å². The number of piperidine rings is 1. The van der Waals surface area contributed by atoms with Crippen molar-refractivity contribution in [1.29, 1.82) is 0 Å². The predicted octanol–water partition coefficient (Wildman–Crippen LogP) is 1.87. The molecule has 3 rings (SSSR count). The van der Waals surface area contributed by atoms with Crippen LogP contribution in [0.1, 0.15) is 38.3 Å². The van der Waals surface area contributed by atoms with Gasteiger partial charge in [0, 0.05) is 25.3 Å². The van der Waals surface area contributed by atoms with E-state index in [1.807, 2.05) is 12.5 Å². The maximum atomic E-state index is 4.26. The number of likely N-dealkylation sites (tertiary alicyclic amines) is 1. The van der Waals surface area contributed by atoms with Crippen LogP contribution in [0, 0.1) is 5.92 Å². The highest BCUT2D eigenvalue weighted by Gasteiger charge is 2.24. The molecule has 106 valence electrons. The fraction of sp³-hybridized carbons (Fsp3) is 0.800. The third-order valence-electron chi connectivity index (χ3n) is 4.50. The molecule has 0 aromatic carbocycles. The number of nitrogens with one attached hydrogen (secondary N) is 1. The standard InChI is InChI=1S/C15H26N4/c1-2-19-12-16-10-15(19)11-18-7-5-13(6-8-18)9-17-14-3-4-14/h10,12-14,17H,2-9,11H2,1H3. The summed E-state index contributed by atoms with van der Waals surface area (Å²) in [6.07, 6.45) is 9.46. The Labute approximate surface area is 116 Å². The lowest BCUT2D eigenvalue weighted by molar-refractivity contribution is 0.172. The van der Waals surface area contributed by atoms with Crippen LogP contribution in [0.15, 0.2) is 12.5 Å². The zero-order valence-corrected chi connectivity index (χ0v) is 12.0. The van der Waals surface area contributed by atoms with Gasteiger partial charge in [0.25, 0.3) is 0 Å². The SMILES string of the molecule is CCn1cncc1CN1CCC(CNC2CC2)CC1. The number of rotatable bonds is 6. The Balaban J connectivity index is 1.42. The first kappa shape index (κ1) is 13.1. The maximum absolute atomic E-state index is 4.26. The molecular formula is C15H26N4. The summed E-state index contributed by atoms with van der Waals surface area (Å²) in [5, 5.41) is 3.67. The van der Waals surface area contributed by atoms with Gasteiger partial charge in [0.1, 0.15) is 0 Å². The molecule has 1 aliphatic heterocycles. The van der Waals surface area contributed by atoms with Crippen molar-refractivity contribution in [2.75, 3.05) is 19.6 Å². The van der Waals surface area contributed by atoms with Crippen molar-refractivity contribution in [2.24, 2.45) is 5.92 Å². The van der Waals surface area contributed by atoms with E-state index in [4.69, 9.17) is 0 Å². The van der Waals surface area contributed by atoms with Gasteiger partial charge in [-0.2, -0.15) is 0 Å². The molecule has 0 amide bonds. The number of aromatic nitrogens is 2. The highest BCUT2D eigenvalue weighted by Crippen LogP contribution is 2.22. The highest BCUT2D eigenvalue weighted by molar-refractivity contribution is 4.98. The second-order valence-electron chi connectivity index (χ2n) is 6.07. The van der Waals surface area contributed by atoms with Gasteiger partial charge in [-0.05, 0) is 58.2 Å². The third-order valence-corrected chi connectivity index (χ3v) is 4.50. The van der Waals surface area contributed by atoms with E-state index in [-0.39, 0.29) is 0 Å². The molecule has 0 radical (unpaired) electrons. The van der Waals surface area contributed by atoms with E-state index in [0.29, 0.717) is 0 Å². The zero-order chi connectivity index (χ0) is 13.1. The number of hydrogen-bond donors (Lipinski definition) is 1. The Morgan fingerprint density at radius 2 is 2.05 bits per heavy atom. The summed E-state index contributed by atoms with van der Waals surface area (Å²) in [6, 6.07) is 0.858. The molecule has 1 N–H and O–H groups in total. The number of hydrogen-bond acceptors (Lipinski definition) is 3. The summed E-state index contributed by atoms with van der Waals surface area (Å²) in [4.78, 5) is 6.84. The molecule has 2 fully saturated rings. The van der Waals surface area contributed by atoms with Crippen molar-refractivity contribution < 1.29 is 0 Å². The van der Waals surface area contributed by atoms with E-state index in [0.717, 1.165) is 25.0 Å². The summed E-state index contributed by atoms with van der Waals surface area (Å²) < 4.78 is 2.25. The second-order valence-corrected chi connectivity index (χ2v) is 6.07. The van der Waals surface area contributed by atoms with Crippen LogP contribution in [-0.2, 0) is 13.1 Å². The Morgan fingerprint density at radius 1 is 1.26 bits per heavy atom. The fourth-order valence-corrected chi connectivity index (χ4v) is 2.96. The largest absolute Gasteiger partial charge is 0.334 e. The van der Waals surface area contributed by atoms with E-state index in [1.54, 1.807) is 0 Å². The first-order chi connectivity index (χ1) is 9.35. The Bertz CT molecular complexity index is 389. The fourth-order valence-electron chi connectivity index (χ4n) is 2.96. The lowest BCUT2D eigenvalue weighted by Gasteiger charge is -2.32. The molecule has 0 bridgehead atoms. The minimum atomic E-state index is 0.858. The van der Waals surface area contributed by atoms with E-state index in [2.05, 4.69) is 26.7 Å². The quantitative estimate of drug-likeness (QED) is 0.849. The van der Waals surface area contributed by atoms with Gasteiger partial charge < -0.3 is 9.88 Å². The Hall–Kier alpha value is -0.870. The van der Waals surface area contributed by atoms with E-state index < -0.39 is 0 Å². The van der Waals surface area contributed by atoms with Gasteiger partial charge in [0.05, 0.1) is 12.0 Å². The van der Waals surface area contributed by atoms with Gasteiger partial charge in [-0.3, -0.25) is 4.90 Å². The first-order valence-corrected chi connectivity index (χ1v) is 7.80. The summed E-state index contributed by atoms with van der Waals surface area (Å²) >= 11 is 0. The zero-order valence-electron chi connectivity index (χ0n) is 12.0. The Morgan fingerprint density at radius 3 is 2.74 bits per heavy atom. The average molecular weight is 262 g/mol. The van der Waals surface area contributed by atoms with Crippen LogP contribution in [-0.4, -0.2) is 40.1 Å². The molecule has 2 heterocycles. The summed E-state index contributed by atoms with van der Waals surface area (Å²) in [5.74, 6) is 0.896. The van der Waals surface area contributed by atoms with Gasteiger partial charge in [-0.15, -0.1) is 0 Å². The number of imidazole rings is 1. The second kappa shape index (κ2) is 6.06. The maximum Gasteiger partial charge on any atom is 0.0948 e. The summed E-state index contributed by atoms with van der Waals surface area (Å²) in [5.41, 5.74) is 1.36. The molecule has 1 aromatic rings. The topological polar surface area (TPSA) is 33.1 Å². The van der Waals surface area contributed by atoms with Crippen molar-refractivity contribution in [3.05, 3.63) is 18.2 Å². The van der Waals surface area contributed by atoms with Crippen LogP contribution in [0.3, 0.4) is 0 Å². The van der Waals surface area contributed by atoms with Crippen molar-refractivity contribution >= 4 is 0 Å². The van der Waals surface area contributed by atoms with Gasteiger partial charge >= 0.3 is 0 Å². The molecule has 2 aliphatic rings. The van der Waals surface area contributed by atoms with E-state index >= 15 is 0 Å². The predicted molar refractivity (Wildman–Crippen MR) is 76.9 cm³/mol. The van der Waals surface area contributed by atoms with Gasteiger partial charge in [-0.1, -0.05) is 0 Å². The van der Waals surface area contributed by atoms with Crippen molar-refractivity contribution in [1.82, 2.24) is 19.8 Å². The van der Waals surface area contributed by atoms with E-state index in [9.17, 15) is 0 Å². The third kappa shape index (κ3) is 3.57. The molecular weight excluding hydrogens is 236 g/mol. The molecule has 0 unspecified atom stereocenters. The monoisotopic (exact) mass is 262 g/mol. The van der Waals surface area contributed by atoms with Crippen LogP contribution in [0.5, 0.6) is 0 Å². The Kier molecular flexibility index (Phi) is 4.18. The molecule has 0 atom stereocenters. The lowest BCUT2D eigenvalue weighted by Crippen LogP contribution is -2.37. The summed E-state index contributed by atoms with van der Waals surface area (Å²) in [6.45, 7) is 8.00. The van der Waals surface area contributed by atoms with E-state index in [1.165, 1.54) is 51.0 Å². The van der Waals surface area contributed by atoms with Crippen LogP contribution in [0.4, 0.5) is 0 Å². The number of nitrogens with zero attached hydrogens (tertiary/aromatic N) is 3. The summed E-state index contributed by atoms with van der Waals surface area (Å²) in [7, 11) is 0. The molecule has 0 spiro atoms. The number of aryl methyl sites for hydroxylation is 1. The molecule has 1 saturated carbocycles. The molecule has 1 aliphatic carbocycles. The molecule has 1 saturated heterocycles. The van der Waals surface area contributed by atoms with Crippen LogP contribution < -0.4 is 5.32 Å². The van der Waals surface area contributed by atoms with Crippen molar-refractivity contribution in [2.45, 2.75) is 51.7 Å². The van der Waals surface area contributed by atoms with Gasteiger partial charge in [0.15, 0.2) is 0 Å². The lowest BCUT2D eigenvalue weighted by atomic mass is 9.96. The van der Waals surface area contributed by atoms with Gasteiger partial charge in [-0.25, -0.2) is 4.98 Å². The van der Waals surface area contributed by atoms with Crippen LogP contribution >= 0.6 is 0 Å². The average Bonchev–Trinajstić information content (AvgIpc) is 3.17. The van der Waals surface area contributed by atoms with Crippen molar-refractivity contribution in [3.8, 4) is 0 Å². The molecule has 4 nitrogen and oxygen atoms in total. The van der Waals surface area contributed by atoms with Crippen LogP contribution in [0.2, 0.25) is 0 Å². The van der Waals surface area contributed by atoms with Crippen LogP contribution in [0.25, 0.3) is 0 Å².